The van der Waals surface area contributed by atoms with Crippen molar-refractivity contribution < 1.29 is 27.9 Å². The molecule has 1 heterocycles. The minimum absolute atomic E-state index is 0.0611. The number of halogens is 2. The van der Waals surface area contributed by atoms with E-state index in [4.69, 9.17) is 0 Å². The van der Waals surface area contributed by atoms with Gasteiger partial charge in [-0.25, -0.2) is 4.79 Å². The van der Waals surface area contributed by atoms with E-state index in [1.165, 1.54) is 31.2 Å². The van der Waals surface area contributed by atoms with Gasteiger partial charge >= 0.3 is 12.6 Å². The van der Waals surface area contributed by atoms with Crippen molar-refractivity contribution in [2.45, 2.75) is 32.9 Å². The first-order valence-corrected chi connectivity index (χ1v) is 8.09. The van der Waals surface area contributed by atoms with E-state index >= 15 is 0 Å². The minimum Gasteiger partial charge on any atom is -0.435 e. The zero-order chi connectivity index (χ0) is 19.5. The smallest absolute Gasteiger partial charge is 0.387 e. The highest BCUT2D eigenvalue weighted by Crippen LogP contribution is 2.30. The van der Waals surface area contributed by atoms with Crippen molar-refractivity contribution in [3.63, 3.8) is 0 Å². The van der Waals surface area contributed by atoms with E-state index in [-0.39, 0.29) is 18.2 Å². The molecule has 1 aromatic rings. The number of carbonyl (C=O) groups excluding carboxylic acids is 3. The lowest BCUT2D eigenvalue weighted by Crippen LogP contribution is -2.43. The monoisotopic (exact) mass is 369 g/mol. The molecule has 7 nitrogen and oxygen atoms in total. The summed E-state index contributed by atoms with van der Waals surface area (Å²) in [5.74, 6) is -0.854. The van der Waals surface area contributed by atoms with Crippen LogP contribution in [0.15, 0.2) is 24.3 Å². The summed E-state index contributed by atoms with van der Waals surface area (Å²) >= 11 is 0. The summed E-state index contributed by atoms with van der Waals surface area (Å²) in [5.41, 5.74) is -0.999. The standard InChI is InChI=1S/C17H21F2N3O4/c1-10(2)8-20-13(23)9-22-14(24)17(3,21-16(22)25)11-4-6-12(7-5-11)26-15(18)19/h4-7,10,15H,8-9H2,1-3H3,(H,20,23)(H,21,25)/t17-/m0/s1. The highest BCUT2D eigenvalue weighted by Gasteiger charge is 2.49. The van der Waals surface area contributed by atoms with Gasteiger partial charge in [0.15, 0.2) is 0 Å². The van der Waals surface area contributed by atoms with Gasteiger partial charge in [0.2, 0.25) is 5.91 Å². The summed E-state index contributed by atoms with van der Waals surface area (Å²) in [7, 11) is 0. The molecule has 0 spiro atoms. The van der Waals surface area contributed by atoms with E-state index in [2.05, 4.69) is 15.4 Å². The summed E-state index contributed by atoms with van der Waals surface area (Å²) < 4.78 is 28.7. The Balaban J connectivity index is 2.11. The van der Waals surface area contributed by atoms with Gasteiger partial charge < -0.3 is 15.4 Å². The Morgan fingerprint density at radius 2 is 1.88 bits per heavy atom. The molecule has 4 amide bonds. The second-order valence-corrected chi connectivity index (χ2v) is 6.55. The van der Waals surface area contributed by atoms with Crippen molar-refractivity contribution in [1.82, 2.24) is 15.5 Å². The van der Waals surface area contributed by atoms with E-state index in [1.807, 2.05) is 13.8 Å². The molecule has 2 N–H and O–H groups in total. The number of carbonyl (C=O) groups is 3. The highest BCUT2D eigenvalue weighted by molar-refractivity contribution is 6.09. The van der Waals surface area contributed by atoms with Gasteiger partial charge in [-0.15, -0.1) is 0 Å². The Hall–Kier alpha value is -2.71. The molecule has 0 unspecified atom stereocenters. The first kappa shape index (κ1) is 19.6. The van der Waals surface area contributed by atoms with Crippen LogP contribution in [0.5, 0.6) is 5.75 Å². The van der Waals surface area contributed by atoms with Crippen molar-refractivity contribution >= 4 is 17.8 Å². The molecule has 2 rings (SSSR count). The van der Waals surface area contributed by atoms with Crippen molar-refractivity contribution in [3.8, 4) is 5.75 Å². The molecule has 26 heavy (non-hydrogen) atoms. The number of urea groups is 1. The number of amides is 4. The first-order chi connectivity index (χ1) is 12.1. The molecule has 1 atom stereocenters. The summed E-state index contributed by atoms with van der Waals surface area (Å²) in [6, 6.07) is 4.70. The molecule has 0 aromatic heterocycles. The Bertz CT molecular complexity index is 694. The van der Waals surface area contributed by atoms with Crippen LogP contribution < -0.4 is 15.4 Å². The number of nitrogens with one attached hydrogen (secondary N) is 2. The predicted octanol–water partition coefficient (Wildman–Crippen LogP) is 1.83. The number of alkyl halides is 2. The largest absolute Gasteiger partial charge is 0.435 e. The van der Waals surface area contributed by atoms with Gasteiger partial charge in [0.05, 0.1) is 0 Å². The molecule has 1 aromatic carbocycles. The average Bonchev–Trinajstić information content (AvgIpc) is 2.77. The van der Waals surface area contributed by atoms with Gasteiger partial charge in [-0.05, 0) is 30.5 Å². The zero-order valence-corrected chi connectivity index (χ0v) is 14.7. The number of rotatable bonds is 7. The molecule has 0 saturated carbocycles. The van der Waals surface area contributed by atoms with Crippen LogP contribution in [0.4, 0.5) is 13.6 Å². The number of imide groups is 1. The minimum atomic E-state index is -2.95. The fourth-order valence-corrected chi connectivity index (χ4v) is 2.52. The summed E-state index contributed by atoms with van der Waals surface area (Å²) in [4.78, 5) is 37.6. The van der Waals surface area contributed by atoms with Crippen LogP contribution in [0.2, 0.25) is 0 Å². The molecule has 1 fully saturated rings. The van der Waals surface area contributed by atoms with Gasteiger partial charge in [0.1, 0.15) is 17.8 Å². The molecule has 9 heteroatoms. The van der Waals surface area contributed by atoms with Gasteiger partial charge in [0, 0.05) is 6.54 Å². The number of hydrogen-bond acceptors (Lipinski definition) is 4. The van der Waals surface area contributed by atoms with Crippen molar-refractivity contribution in [2.75, 3.05) is 13.1 Å². The Morgan fingerprint density at radius 3 is 2.42 bits per heavy atom. The van der Waals surface area contributed by atoms with Crippen molar-refractivity contribution in [3.05, 3.63) is 29.8 Å². The molecule has 142 valence electrons. The second-order valence-electron chi connectivity index (χ2n) is 6.55. The lowest BCUT2D eigenvalue weighted by molar-refractivity contribution is -0.134. The topological polar surface area (TPSA) is 87.7 Å². The first-order valence-electron chi connectivity index (χ1n) is 8.09. The fraction of sp³-hybridized carbons (Fsp3) is 0.471. The number of benzene rings is 1. The average molecular weight is 369 g/mol. The van der Waals surface area contributed by atoms with Crippen molar-refractivity contribution in [2.24, 2.45) is 5.92 Å². The van der Waals surface area contributed by atoms with Gasteiger partial charge in [-0.2, -0.15) is 8.78 Å². The molecular formula is C17H21F2N3O4. The molecule has 1 saturated heterocycles. The van der Waals surface area contributed by atoms with Crippen LogP contribution in [-0.2, 0) is 15.1 Å². The normalized spacial score (nSPS) is 19.9. The Morgan fingerprint density at radius 1 is 1.27 bits per heavy atom. The quantitative estimate of drug-likeness (QED) is 0.718. The molecule has 1 aliphatic rings. The van der Waals surface area contributed by atoms with Crippen LogP contribution in [0, 0.1) is 5.92 Å². The van der Waals surface area contributed by atoms with E-state index < -0.39 is 30.0 Å². The maximum Gasteiger partial charge on any atom is 0.387 e. The second kappa shape index (κ2) is 7.67. The third-order valence-corrected chi connectivity index (χ3v) is 3.94. The van der Waals surface area contributed by atoms with Crippen LogP contribution >= 0.6 is 0 Å². The number of ether oxygens (including phenoxy) is 1. The molecular weight excluding hydrogens is 348 g/mol. The zero-order valence-electron chi connectivity index (χ0n) is 14.7. The van der Waals surface area contributed by atoms with Gasteiger partial charge in [-0.3, -0.25) is 14.5 Å². The number of hydrogen-bond donors (Lipinski definition) is 2. The fourth-order valence-electron chi connectivity index (χ4n) is 2.52. The Labute approximate surface area is 149 Å². The van der Waals surface area contributed by atoms with Crippen LogP contribution in [-0.4, -0.2) is 42.4 Å². The van der Waals surface area contributed by atoms with Crippen molar-refractivity contribution in [1.29, 1.82) is 0 Å². The highest BCUT2D eigenvalue weighted by atomic mass is 19.3. The molecule has 0 radical (unpaired) electrons. The maximum atomic E-state index is 12.7. The van der Waals surface area contributed by atoms with Gasteiger partial charge in [-0.1, -0.05) is 26.0 Å². The van der Waals surface area contributed by atoms with E-state index in [0.717, 1.165) is 4.90 Å². The van der Waals surface area contributed by atoms with Crippen LogP contribution in [0.1, 0.15) is 26.3 Å². The van der Waals surface area contributed by atoms with Gasteiger partial charge in [0.25, 0.3) is 5.91 Å². The van der Waals surface area contributed by atoms with E-state index in [1.54, 1.807) is 0 Å². The summed E-state index contributed by atoms with van der Waals surface area (Å²) in [6.07, 6.45) is 0. The lowest BCUT2D eigenvalue weighted by Gasteiger charge is -2.22. The maximum absolute atomic E-state index is 12.7. The van der Waals surface area contributed by atoms with E-state index in [9.17, 15) is 23.2 Å². The van der Waals surface area contributed by atoms with Crippen LogP contribution in [0.25, 0.3) is 0 Å². The third kappa shape index (κ3) is 4.27. The van der Waals surface area contributed by atoms with Crippen LogP contribution in [0.3, 0.4) is 0 Å². The lowest BCUT2D eigenvalue weighted by atomic mass is 9.92. The van der Waals surface area contributed by atoms with E-state index in [0.29, 0.717) is 12.1 Å². The summed E-state index contributed by atoms with van der Waals surface area (Å²) in [5, 5.41) is 5.19. The SMILES string of the molecule is CC(C)CNC(=O)CN1C(=O)N[C@@](C)(c2ccc(OC(F)F)cc2)C1=O. The Kier molecular flexibility index (Phi) is 5.79. The molecule has 0 aliphatic carbocycles. The third-order valence-electron chi connectivity index (χ3n) is 3.94. The predicted molar refractivity (Wildman–Crippen MR) is 88.5 cm³/mol. The summed E-state index contributed by atoms with van der Waals surface area (Å²) in [6.45, 7) is 2.43. The molecule has 1 aliphatic heterocycles. The molecule has 0 bridgehead atoms. The number of nitrogens with zero attached hydrogens (tertiary/aromatic N) is 1.